The van der Waals surface area contributed by atoms with Crippen molar-refractivity contribution in [3.8, 4) is 17.2 Å². The van der Waals surface area contributed by atoms with Gasteiger partial charge in [0.2, 0.25) is 0 Å². The average molecular weight is 465 g/mol. The fourth-order valence-corrected chi connectivity index (χ4v) is 4.32. The van der Waals surface area contributed by atoms with Crippen LogP contribution >= 0.6 is 0 Å². The molecule has 176 valence electrons. The highest BCUT2D eigenvalue weighted by Gasteiger charge is 2.13. The summed E-state index contributed by atoms with van der Waals surface area (Å²) in [6.07, 6.45) is 2.67. The molecule has 0 saturated heterocycles. The second-order valence-electron chi connectivity index (χ2n) is 8.26. The smallest absolute Gasteiger partial charge is 0.161 e. The number of ether oxygens (including phenoxy) is 3. The van der Waals surface area contributed by atoms with E-state index < -0.39 is 0 Å². The Kier molecular flexibility index (Phi) is 6.66. The first kappa shape index (κ1) is 22.5. The van der Waals surface area contributed by atoms with Crippen LogP contribution in [0.15, 0.2) is 97.6 Å². The third kappa shape index (κ3) is 4.85. The van der Waals surface area contributed by atoms with Crippen LogP contribution in [0.2, 0.25) is 0 Å². The number of fused-ring (bicyclic) bond motifs is 2. The molecular formula is C30H28N2O3. The lowest BCUT2D eigenvalue weighted by Gasteiger charge is -2.14. The Labute approximate surface area is 205 Å². The molecule has 0 spiro atoms. The summed E-state index contributed by atoms with van der Waals surface area (Å²) >= 11 is 0. The molecule has 5 aromatic rings. The lowest BCUT2D eigenvalue weighted by molar-refractivity contribution is 0.265. The third-order valence-corrected chi connectivity index (χ3v) is 6.02. The second kappa shape index (κ2) is 10.3. The van der Waals surface area contributed by atoms with Crippen molar-refractivity contribution >= 4 is 21.8 Å². The predicted octanol–water partition coefficient (Wildman–Crippen LogP) is 6.58. The van der Waals surface area contributed by atoms with Gasteiger partial charge in [-0.05, 0) is 47.7 Å². The standard InChI is InChI=1S/C30H28N2O3/c1-3-9-22-16-17-28(29(20-22)33-2)34-19-18-32-26-14-7-6-13-25(26)31-30(32)21-35-27-15-8-11-23-10-4-5-12-24(23)27/h3-8,10-17,20H,1,9,18-19,21H2,2H3. The Hall–Kier alpha value is -4.25. The molecule has 5 nitrogen and oxygen atoms in total. The molecule has 0 amide bonds. The maximum Gasteiger partial charge on any atom is 0.161 e. The molecule has 0 aliphatic rings. The minimum absolute atomic E-state index is 0.363. The molecule has 35 heavy (non-hydrogen) atoms. The van der Waals surface area contributed by atoms with Crippen LogP contribution in [-0.2, 0) is 19.6 Å². The topological polar surface area (TPSA) is 45.5 Å². The van der Waals surface area contributed by atoms with Gasteiger partial charge in [-0.1, -0.05) is 60.7 Å². The highest BCUT2D eigenvalue weighted by atomic mass is 16.5. The van der Waals surface area contributed by atoms with Crippen molar-refractivity contribution in [2.45, 2.75) is 19.6 Å². The number of hydrogen-bond donors (Lipinski definition) is 0. The van der Waals surface area contributed by atoms with Crippen LogP contribution in [-0.4, -0.2) is 23.3 Å². The molecule has 4 aromatic carbocycles. The van der Waals surface area contributed by atoms with Crippen LogP contribution in [0, 0.1) is 0 Å². The number of rotatable bonds is 10. The molecule has 5 rings (SSSR count). The van der Waals surface area contributed by atoms with E-state index in [1.54, 1.807) is 7.11 Å². The van der Waals surface area contributed by atoms with E-state index in [4.69, 9.17) is 19.2 Å². The van der Waals surface area contributed by atoms with Crippen molar-refractivity contribution in [1.82, 2.24) is 9.55 Å². The monoisotopic (exact) mass is 464 g/mol. The van der Waals surface area contributed by atoms with Crippen LogP contribution < -0.4 is 14.2 Å². The van der Waals surface area contributed by atoms with Gasteiger partial charge in [0.15, 0.2) is 11.5 Å². The molecule has 0 aliphatic carbocycles. The lowest BCUT2D eigenvalue weighted by atomic mass is 10.1. The fraction of sp³-hybridized carbons (Fsp3) is 0.167. The molecule has 0 aliphatic heterocycles. The van der Waals surface area contributed by atoms with Crippen molar-refractivity contribution in [1.29, 1.82) is 0 Å². The van der Waals surface area contributed by atoms with Gasteiger partial charge in [-0.3, -0.25) is 0 Å². The van der Waals surface area contributed by atoms with E-state index in [0.717, 1.165) is 56.9 Å². The van der Waals surface area contributed by atoms with E-state index in [-0.39, 0.29) is 0 Å². The summed E-state index contributed by atoms with van der Waals surface area (Å²) in [6, 6.07) is 28.5. The zero-order chi connectivity index (χ0) is 24.0. The van der Waals surface area contributed by atoms with E-state index in [2.05, 4.69) is 35.4 Å². The number of para-hydroxylation sites is 2. The Morgan fingerprint density at radius 2 is 1.69 bits per heavy atom. The van der Waals surface area contributed by atoms with E-state index in [0.29, 0.717) is 19.8 Å². The van der Waals surface area contributed by atoms with Crippen LogP contribution in [0.4, 0.5) is 0 Å². The normalized spacial score (nSPS) is 11.0. The fourth-order valence-electron chi connectivity index (χ4n) is 4.32. The van der Waals surface area contributed by atoms with Gasteiger partial charge in [0.05, 0.1) is 24.7 Å². The minimum Gasteiger partial charge on any atom is -0.493 e. The van der Waals surface area contributed by atoms with E-state index in [1.807, 2.05) is 66.7 Å². The summed E-state index contributed by atoms with van der Waals surface area (Å²) in [7, 11) is 1.66. The third-order valence-electron chi connectivity index (χ3n) is 6.02. The number of hydrogen-bond acceptors (Lipinski definition) is 4. The summed E-state index contributed by atoms with van der Waals surface area (Å²) in [5.74, 6) is 3.15. The van der Waals surface area contributed by atoms with Gasteiger partial charge in [-0.25, -0.2) is 4.98 Å². The quantitative estimate of drug-likeness (QED) is 0.219. The van der Waals surface area contributed by atoms with Crippen molar-refractivity contribution in [3.05, 3.63) is 109 Å². The van der Waals surface area contributed by atoms with Crippen molar-refractivity contribution in [2.75, 3.05) is 13.7 Å². The van der Waals surface area contributed by atoms with Gasteiger partial charge in [0, 0.05) is 5.39 Å². The SMILES string of the molecule is C=CCc1ccc(OCCn2c(COc3cccc4ccccc34)nc3ccccc32)c(OC)c1. The molecular weight excluding hydrogens is 436 g/mol. The lowest BCUT2D eigenvalue weighted by Crippen LogP contribution is -2.13. The number of methoxy groups -OCH3 is 1. The van der Waals surface area contributed by atoms with E-state index in [1.165, 1.54) is 0 Å². The van der Waals surface area contributed by atoms with Gasteiger partial charge in [-0.15, -0.1) is 6.58 Å². The van der Waals surface area contributed by atoms with Crippen LogP contribution in [0.1, 0.15) is 11.4 Å². The zero-order valence-corrected chi connectivity index (χ0v) is 19.8. The molecule has 1 aromatic heterocycles. The molecule has 0 N–H and O–H groups in total. The molecule has 0 radical (unpaired) electrons. The van der Waals surface area contributed by atoms with E-state index >= 15 is 0 Å². The van der Waals surface area contributed by atoms with Crippen LogP contribution in [0.25, 0.3) is 21.8 Å². The van der Waals surface area contributed by atoms with Gasteiger partial charge in [0.1, 0.15) is 24.8 Å². The Balaban J connectivity index is 1.35. The first-order valence-corrected chi connectivity index (χ1v) is 11.7. The number of aromatic nitrogens is 2. The van der Waals surface area contributed by atoms with Gasteiger partial charge < -0.3 is 18.8 Å². The summed E-state index contributed by atoms with van der Waals surface area (Å²) in [6.45, 7) is 5.27. The van der Waals surface area contributed by atoms with Gasteiger partial charge >= 0.3 is 0 Å². The zero-order valence-electron chi connectivity index (χ0n) is 19.8. The van der Waals surface area contributed by atoms with Gasteiger partial charge in [-0.2, -0.15) is 0 Å². The summed E-state index contributed by atoms with van der Waals surface area (Å²) in [4.78, 5) is 4.85. The first-order valence-electron chi connectivity index (χ1n) is 11.7. The summed E-state index contributed by atoms with van der Waals surface area (Å²) < 4.78 is 20.1. The first-order chi connectivity index (χ1) is 17.3. The van der Waals surface area contributed by atoms with Gasteiger partial charge in [0.25, 0.3) is 0 Å². The van der Waals surface area contributed by atoms with E-state index in [9.17, 15) is 0 Å². The van der Waals surface area contributed by atoms with Crippen LogP contribution in [0.5, 0.6) is 17.2 Å². The minimum atomic E-state index is 0.363. The summed E-state index contributed by atoms with van der Waals surface area (Å²) in [5.41, 5.74) is 3.13. The maximum absolute atomic E-state index is 6.26. The average Bonchev–Trinajstić information content (AvgIpc) is 3.25. The highest BCUT2D eigenvalue weighted by molar-refractivity contribution is 5.88. The van der Waals surface area contributed by atoms with Crippen LogP contribution in [0.3, 0.4) is 0 Å². The van der Waals surface area contributed by atoms with Crippen molar-refractivity contribution < 1.29 is 14.2 Å². The second-order valence-corrected chi connectivity index (χ2v) is 8.26. The Morgan fingerprint density at radius 1 is 0.857 bits per heavy atom. The number of allylic oxidation sites excluding steroid dienone is 1. The molecule has 0 saturated carbocycles. The Bertz CT molecular complexity index is 1470. The molecule has 0 unspecified atom stereocenters. The largest absolute Gasteiger partial charge is 0.493 e. The highest BCUT2D eigenvalue weighted by Crippen LogP contribution is 2.29. The van der Waals surface area contributed by atoms with Crippen molar-refractivity contribution in [2.24, 2.45) is 0 Å². The molecule has 0 atom stereocenters. The molecule has 5 heteroatoms. The van der Waals surface area contributed by atoms with Crippen molar-refractivity contribution in [3.63, 3.8) is 0 Å². The molecule has 1 heterocycles. The summed E-state index contributed by atoms with van der Waals surface area (Å²) in [5, 5.41) is 2.24. The molecule has 0 fully saturated rings. The molecule has 0 bridgehead atoms. The number of imidazole rings is 1. The Morgan fingerprint density at radius 3 is 2.57 bits per heavy atom. The predicted molar refractivity (Wildman–Crippen MR) is 140 cm³/mol. The maximum atomic E-state index is 6.26. The number of benzene rings is 4. The number of nitrogens with zero attached hydrogens (tertiary/aromatic N) is 2.